The lowest BCUT2D eigenvalue weighted by molar-refractivity contribution is 0.223. The molecule has 82 valence electrons. The molecule has 0 spiro atoms. The van der Waals surface area contributed by atoms with Crippen LogP contribution in [-0.2, 0) is 0 Å². The third kappa shape index (κ3) is 5.21. The number of rotatable bonds is 6. The van der Waals surface area contributed by atoms with E-state index in [4.69, 9.17) is 11.0 Å². The van der Waals surface area contributed by atoms with E-state index in [0.717, 1.165) is 13.0 Å². The van der Waals surface area contributed by atoms with Crippen molar-refractivity contribution in [3.63, 3.8) is 0 Å². The van der Waals surface area contributed by atoms with Crippen molar-refractivity contribution < 1.29 is 0 Å². The Morgan fingerprint density at radius 1 is 1.57 bits per heavy atom. The van der Waals surface area contributed by atoms with Crippen LogP contribution in [0.3, 0.4) is 0 Å². The second kappa shape index (κ2) is 6.00. The van der Waals surface area contributed by atoms with E-state index >= 15 is 0 Å². The van der Waals surface area contributed by atoms with E-state index in [2.05, 4.69) is 31.9 Å². The molecule has 3 nitrogen and oxygen atoms in total. The summed E-state index contributed by atoms with van der Waals surface area (Å²) in [5.41, 5.74) is 5.10. The highest BCUT2D eigenvalue weighted by molar-refractivity contribution is 5.02. The number of unbranched alkanes of at least 4 members (excludes halogenated alkanes) is 1. The summed E-state index contributed by atoms with van der Waals surface area (Å²) in [6, 6.07) is 2.51. The fraction of sp³-hybridized carbons (Fsp3) is 0.909. The van der Waals surface area contributed by atoms with Crippen molar-refractivity contribution in [2.45, 2.75) is 51.6 Å². The van der Waals surface area contributed by atoms with E-state index in [1.807, 2.05) is 0 Å². The summed E-state index contributed by atoms with van der Waals surface area (Å²) in [4.78, 5) is 2.27. The molecule has 3 heteroatoms. The van der Waals surface area contributed by atoms with Crippen molar-refractivity contribution in [3.8, 4) is 6.07 Å². The summed E-state index contributed by atoms with van der Waals surface area (Å²) in [6.07, 6.45) is 3.13. The molecule has 0 aromatic heterocycles. The molecule has 0 aromatic carbocycles. The van der Waals surface area contributed by atoms with Gasteiger partial charge in [-0.3, -0.25) is 0 Å². The lowest BCUT2D eigenvalue weighted by atomic mass is 9.96. The van der Waals surface area contributed by atoms with Crippen molar-refractivity contribution in [2.75, 3.05) is 13.6 Å². The van der Waals surface area contributed by atoms with Gasteiger partial charge in [0.15, 0.2) is 0 Å². The van der Waals surface area contributed by atoms with E-state index < -0.39 is 5.54 Å². The molecule has 0 aliphatic heterocycles. The van der Waals surface area contributed by atoms with Crippen LogP contribution in [0, 0.1) is 11.3 Å². The van der Waals surface area contributed by atoms with Gasteiger partial charge in [0.1, 0.15) is 5.54 Å². The molecule has 2 atom stereocenters. The van der Waals surface area contributed by atoms with Crippen LogP contribution in [0.4, 0.5) is 0 Å². The normalized spacial score (nSPS) is 17.5. The molecule has 0 radical (unpaired) electrons. The zero-order chi connectivity index (χ0) is 11.2. The van der Waals surface area contributed by atoms with Crippen LogP contribution in [0.5, 0.6) is 0 Å². The molecule has 2 unspecified atom stereocenters. The smallest absolute Gasteiger partial charge is 0.102 e. The highest BCUT2D eigenvalue weighted by Gasteiger charge is 2.22. The number of nitrogens with two attached hydrogens (primary N) is 1. The quantitative estimate of drug-likeness (QED) is 0.705. The van der Waals surface area contributed by atoms with Gasteiger partial charge in [-0.25, -0.2) is 0 Å². The molecule has 0 aliphatic rings. The van der Waals surface area contributed by atoms with Gasteiger partial charge in [-0.05, 0) is 40.3 Å². The summed E-state index contributed by atoms with van der Waals surface area (Å²) in [6.45, 7) is 7.18. The van der Waals surface area contributed by atoms with Crippen molar-refractivity contribution in [3.05, 3.63) is 0 Å². The van der Waals surface area contributed by atoms with Crippen LogP contribution in [0.25, 0.3) is 0 Å². The number of hydrogen-bond donors (Lipinski definition) is 1. The van der Waals surface area contributed by atoms with Crippen molar-refractivity contribution in [1.29, 1.82) is 5.26 Å². The minimum Gasteiger partial charge on any atom is -0.314 e. The first-order valence-electron chi connectivity index (χ1n) is 5.33. The highest BCUT2D eigenvalue weighted by Crippen LogP contribution is 2.12. The molecule has 14 heavy (non-hydrogen) atoms. The van der Waals surface area contributed by atoms with Crippen LogP contribution in [0.1, 0.15) is 40.0 Å². The number of hydrogen-bond acceptors (Lipinski definition) is 3. The van der Waals surface area contributed by atoms with Gasteiger partial charge >= 0.3 is 0 Å². The van der Waals surface area contributed by atoms with Crippen molar-refractivity contribution >= 4 is 0 Å². The van der Waals surface area contributed by atoms with Crippen LogP contribution >= 0.6 is 0 Å². The van der Waals surface area contributed by atoms with Gasteiger partial charge in [0.05, 0.1) is 6.07 Å². The van der Waals surface area contributed by atoms with Crippen LogP contribution in [0.2, 0.25) is 0 Å². The summed E-state index contributed by atoms with van der Waals surface area (Å²) < 4.78 is 0. The Bertz CT molecular complexity index is 193. The number of nitrogens with zero attached hydrogens (tertiary/aromatic N) is 2. The molecular formula is C11H23N3. The van der Waals surface area contributed by atoms with Crippen LogP contribution in [-0.4, -0.2) is 30.1 Å². The Kier molecular flexibility index (Phi) is 5.75. The minimum atomic E-state index is -0.695. The molecule has 0 rings (SSSR count). The van der Waals surface area contributed by atoms with E-state index in [9.17, 15) is 0 Å². The average Bonchev–Trinajstić information content (AvgIpc) is 2.13. The first kappa shape index (κ1) is 13.4. The molecule has 0 fully saturated rings. The molecule has 0 amide bonds. The highest BCUT2D eigenvalue weighted by atomic mass is 15.1. The monoisotopic (exact) mass is 197 g/mol. The van der Waals surface area contributed by atoms with Gasteiger partial charge in [-0.2, -0.15) is 5.26 Å². The Morgan fingerprint density at radius 2 is 2.14 bits per heavy atom. The van der Waals surface area contributed by atoms with E-state index in [1.165, 1.54) is 12.8 Å². The van der Waals surface area contributed by atoms with Gasteiger partial charge in [0, 0.05) is 6.04 Å². The van der Waals surface area contributed by atoms with E-state index in [1.54, 1.807) is 6.92 Å². The maximum absolute atomic E-state index is 8.81. The summed E-state index contributed by atoms with van der Waals surface area (Å²) in [7, 11) is 2.09. The van der Waals surface area contributed by atoms with Gasteiger partial charge in [-0.1, -0.05) is 13.3 Å². The maximum atomic E-state index is 8.81. The molecule has 0 heterocycles. The molecule has 0 aliphatic carbocycles. The fourth-order valence-electron chi connectivity index (χ4n) is 1.44. The SMILES string of the molecule is CCCCN(C)C(C)CC(C)(N)C#N. The lowest BCUT2D eigenvalue weighted by Gasteiger charge is -2.28. The van der Waals surface area contributed by atoms with E-state index in [0.29, 0.717) is 6.04 Å². The van der Waals surface area contributed by atoms with Gasteiger partial charge in [-0.15, -0.1) is 0 Å². The Hall–Kier alpha value is -0.590. The zero-order valence-corrected chi connectivity index (χ0v) is 9.88. The van der Waals surface area contributed by atoms with Gasteiger partial charge in [0.2, 0.25) is 0 Å². The maximum Gasteiger partial charge on any atom is 0.102 e. The van der Waals surface area contributed by atoms with Crippen LogP contribution in [0.15, 0.2) is 0 Å². The summed E-state index contributed by atoms with van der Waals surface area (Å²) in [5.74, 6) is 0. The molecule has 2 N–H and O–H groups in total. The second-order valence-electron chi connectivity index (χ2n) is 4.42. The largest absolute Gasteiger partial charge is 0.314 e. The Labute approximate surface area is 87.9 Å². The molecule has 0 bridgehead atoms. The minimum absolute atomic E-state index is 0.371. The van der Waals surface area contributed by atoms with Crippen molar-refractivity contribution in [2.24, 2.45) is 5.73 Å². The van der Waals surface area contributed by atoms with Crippen molar-refractivity contribution in [1.82, 2.24) is 4.90 Å². The first-order chi connectivity index (χ1) is 6.43. The average molecular weight is 197 g/mol. The Morgan fingerprint density at radius 3 is 2.57 bits per heavy atom. The third-order valence-corrected chi connectivity index (χ3v) is 2.59. The Balaban J connectivity index is 3.95. The third-order valence-electron chi connectivity index (χ3n) is 2.59. The summed E-state index contributed by atoms with van der Waals surface area (Å²) >= 11 is 0. The van der Waals surface area contributed by atoms with Gasteiger partial charge < -0.3 is 10.6 Å². The molecule has 0 saturated heterocycles. The molecule has 0 aromatic rings. The van der Waals surface area contributed by atoms with E-state index in [-0.39, 0.29) is 0 Å². The first-order valence-corrected chi connectivity index (χ1v) is 5.33. The second-order valence-corrected chi connectivity index (χ2v) is 4.42. The predicted molar refractivity (Wildman–Crippen MR) is 59.8 cm³/mol. The molecular weight excluding hydrogens is 174 g/mol. The summed E-state index contributed by atoms with van der Waals surface area (Å²) in [5, 5.41) is 8.81. The van der Waals surface area contributed by atoms with Crippen LogP contribution < -0.4 is 5.73 Å². The topological polar surface area (TPSA) is 53.0 Å². The standard InChI is InChI=1S/C11H23N3/c1-5-6-7-14(4)10(2)8-11(3,13)9-12/h10H,5-8,13H2,1-4H3. The van der Waals surface area contributed by atoms with Gasteiger partial charge in [0.25, 0.3) is 0 Å². The predicted octanol–water partition coefficient (Wildman–Crippen LogP) is 1.74. The fourth-order valence-corrected chi connectivity index (χ4v) is 1.44. The lowest BCUT2D eigenvalue weighted by Crippen LogP contribution is -2.42. The number of nitriles is 1. The zero-order valence-electron chi connectivity index (χ0n) is 9.88. The molecule has 0 saturated carbocycles.